The number of benzene rings is 1. The normalized spacial score (nSPS) is 10.8. The number of hydrogen-bond acceptors (Lipinski definition) is 7. The van der Waals surface area contributed by atoms with Crippen LogP contribution in [0.4, 0.5) is 23.0 Å². The summed E-state index contributed by atoms with van der Waals surface area (Å²) in [6.07, 6.45) is 2.99. The van der Waals surface area contributed by atoms with E-state index < -0.39 is 4.92 Å². The lowest BCUT2D eigenvalue weighted by Gasteiger charge is -2.12. The minimum atomic E-state index is -0.490. The van der Waals surface area contributed by atoms with E-state index in [9.17, 15) is 10.1 Å². The van der Waals surface area contributed by atoms with Crippen LogP contribution in [0.15, 0.2) is 42.9 Å². The monoisotopic (exact) mass is 324 g/mol. The quantitative estimate of drug-likeness (QED) is 0.546. The summed E-state index contributed by atoms with van der Waals surface area (Å²) in [6.45, 7) is 3.77. The van der Waals surface area contributed by atoms with E-state index >= 15 is 0 Å². The highest BCUT2D eigenvalue weighted by Gasteiger charge is 2.23. The summed E-state index contributed by atoms with van der Waals surface area (Å²) in [4.78, 5) is 23.3. The molecule has 0 radical (unpaired) electrons. The lowest BCUT2D eigenvalue weighted by molar-refractivity contribution is -0.383. The molecule has 3 rings (SSSR count). The van der Waals surface area contributed by atoms with Gasteiger partial charge < -0.3 is 10.6 Å². The molecule has 24 heavy (non-hydrogen) atoms. The van der Waals surface area contributed by atoms with Gasteiger partial charge in [-0.1, -0.05) is 6.07 Å². The number of nitrogens with one attached hydrogen (secondary N) is 2. The van der Waals surface area contributed by atoms with E-state index in [0.29, 0.717) is 5.69 Å². The van der Waals surface area contributed by atoms with Gasteiger partial charge in [0, 0.05) is 23.3 Å². The minimum Gasteiger partial charge on any atom is -0.362 e. The summed E-state index contributed by atoms with van der Waals surface area (Å²) in [5.41, 5.74) is 1.30. The first-order chi connectivity index (χ1) is 11.6. The van der Waals surface area contributed by atoms with Crippen LogP contribution in [0.3, 0.4) is 0 Å². The molecule has 0 bridgehead atoms. The highest BCUT2D eigenvalue weighted by molar-refractivity contribution is 5.93. The highest BCUT2D eigenvalue weighted by Crippen LogP contribution is 2.33. The molecule has 1 aromatic carbocycles. The Morgan fingerprint density at radius 3 is 2.62 bits per heavy atom. The van der Waals surface area contributed by atoms with Crippen molar-refractivity contribution in [2.24, 2.45) is 0 Å². The van der Waals surface area contributed by atoms with Gasteiger partial charge in [0.25, 0.3) is 0 Å². The Balaban J connectivity index is 2.07. The van der Waals surface area contributed by atoms with Crippen LogP contribution < -0.4 is 10.6 Å². The first kappa shape index (κ1) is 15.6. The molecule has 8 nitrogen and oxygen atoms in total. The Morgan fingerprint density at radius 2 is 1.88 bits per heavy atom. The third kappa shape index (κ3) is 3.07. The molecule has 3 aromatic rings. The van der Waals surface area contributed by atoms with Gasteiger partial charge >= 0.3 is 5.69 Å². The Labute approximate surface area is 138 Å². The molecule has 0 aliphatic carbocycles. The van der Waals surface area contributed by atoms with Crippen molar-refractivity contribution in [3.63, 3.8) is 0 Å². The van der Waals surface area contributed by atoms with E-state index in [1.807, 2.05) is 44.2 Å². The summed E-state index contributed by atoms with van der Waals surface area (Å²) < 4.78 is 0. The average Bonchev–Trinajstić information content (AvgIpc) is 2.54. The Morgan fingerprint density at radius 1 is 1.08 bits per heavy atom. The largest absolute Gasteiger partial charge is 0.362 e. The molecule has 0 aliphatic heterocycles. The van der Waals surface area contributed by atoms with Crippen LogP contribution in [-0.2, 0) is 0 Å². The fourth-order valence-corrected chi connectivity index (χ4v) is 2.36. The van der Waals surface area contributed by atoms with Crippen LogP contribution in [0, 0.1) is 10.1 Å². The van der Waals surface area contributed by atoms with Crippen LogP contribution in [-0.4, -0.2) is 25.9 Å². The summed E-state index contributed by atoms with van der Waals surface area (Å²) in [5.74, 6) is 0.320. The van der Waals surface area contributed by atoms with E-state index in [2.05, 4.69) is 25.6 Å². The second-order valence-electron chi connectivity index (χ2n) is 5.48. The third-order valence-electron chi connectivity index (χ3n) is 3.33. The van der Waals surface area contributed by atoms with Gasteiger partial charge in [-0.15, -0.1) is 0 Å². The van der Waals surface area contributed by atoms with Gasteiger partial charge in [-0.25, -0.2) is 9.97 Å². The van der Waals surface area contributed by atoms with Gasteiger partial charge in [0.2, 0.25) is 11.6 Å². The van der Waals surface area contributed by atoms with Gasteiger partial charge in [-0.05, 0) is 38.1 Å². The molecule has 2 aromatic heterocycles. The van der Waals surface area contributed by atoms with Gasteiger partial charge in [0.05, 0.1) is 10.4 Å². The van der Waals surface area contributed by atoms with E-state index in [0.717, 1.165) is 10.9 Å². The second-order valence-corrected chi connectivity index (χ2v) is 5.48. The van der Waals surface area contributed by atoms with E-state index in [4.69, 9.17) is 0 Å². The maximum absolute atomic E-state index is 11.5. The molecule has 0 saturated heterocycles. The number of hydrogen-bond donors (Lipinski definition) is 2. The Hall–Kier alpha value is -3.29. The van der Waals surface area contributed by atoms with Gasteiger partial charge in [-0.3, -0.25) is 15.1 Å². The molecule has 0 unspecified atom stereocenters. The highest BCUT2D eigenvalue weighted by atomic mass is 16.6. The number of nitro groups is 1. The number of anilines is 3. The van der Waals surface area contributed by atoms with Crippen LogP contribution in [0.2, 0.25) is 0 Å². The van der Waals surface area contributed by atoms with Crippen molar-refractivity contribution in [3.05, 3.63) is 53.0 Å². The maximum atomic E-state index is 11.5. The first-order valence-corrected chi connectivity index (χ1v) is 7.43. The molecule has 0 amide bonds. The molecule has 0 spiro atoms. The summed E-state index contributed by atoms with van der Waals surface area (Å²) >= 11 is 0. The van der Waals surface area contributed by atoms with Crippen LogP contribution in [0.25, 0.3) is 10.9 Å². The predicted octanol–water partition coefficient (Wildman–Crippen LogP) is 3.50. The van der Waals surface area contributed by atoms with Crippen molar-refractivity contribution in [2.45, 2.75) is 19.9 Å². The zero-order chi connectivity index (χ0) is 17.1. The zero-order valence-electron chi connectivity index (χ0n) is 13.2. The third-order valence-corrected chi connectivity index (χ3v) is 3.33. The topological polar surface area (TPSA) is 106 Å². The second kappa shape index (κ2) is 6.45. The molecule has 122 valence electrons. The number of aromatic nitrogens is 3. The number of nitrogens with zero attached hydrogens (tertiary/aromatic N) is 4. The Kier molecular flexibility index (Phi) is 4.19. The van der Waals surface area contributed by atoms with Crippen molar-refractivity contribution in [3.8, 4) is 0 Å². The van der Waals surface area contributed by atoms with Gasteiger partial charge in [0.15, 0.2) is 0 Å². The number of rotatable bonds is 5. The van der Waals surface area contributed by atoms with Crippen molar-refractivity contribution in [1.82, 2.24) is 15.0 Å². The smallest absolute Gasteiger partial charge is 0.353 e. The fourth-order valence-electron chi connectivity index (χ4n) is 2.36. The summed E-state index contributed by atoms with van der Waals surface area (Å²) in [6, 6.07) is 9.25. The number of pyridine rings is 1. The molecule has 0 fully saturated rings. The molecule has 0 atom stereocenters. The van der Waals surface area contributed by atoms with Gasteiger partial charge in [0.1, 0.15) is 6.33 Å². The van der Waals surface area contributed by atoms with Crippen LogP contribution in [0.1, 0.15) is 13.8 Å². The van der Waals surface area contributed by atoms with Crippen LogP contribution >= 0.6 is 0 Å². The predicted molar refractivity (Wildman–Crippen MR) is 92.5 cm³/mol. The molecule has 2 heterocycles. The lowest BCUT2D eigenvalue weighted by atomic mass is 10.2. The van der Waals surface area contributed by atoms with E-state index in [1.54, 1.807) is 6.20 Å². The van der Waals surface area contributed by atoms with Crippen molar-refractivity contribution in [2.75, 3.05) is 10.6 Å². The molecule has 0 aliphatic rings. The maximum Gasteiger partial charge on any atom is 0.353 e. The standard InChI is InChI=1S/C16H16N6O2/c1-10(2)20-15-14(22(23)24)16(19-9-18-15)21-13-7-3-6-12-11(13)5-4-8-17-12/h3-10H,1-2H3,(H2,18,19,20,21). The SMILES string of the molecule is CC(C)Nc1ncnc(Nc2cccc3ncccc23)c1[N+](=O)[O-]. The summed E-state index contributed by atoms with van der Waals surface area (Å²) in [5, 5.41) is 18.4. The van der Waals surface area contributed by atoms with Crippen molar-refractivity contribution < 1.29 is 4.92 Å². The van der Waals surface area contributed by atoms with Crippen molar-refractivity contribution >= 4 is 33.9 Å². The minimum absolute atomic E-state index is 0.00760. The number of fused-ring (bicyclic) bond motifs is 1. The average molecular weight is 324 g/mol. The van der Waals surface area contributed by atoms with Crippen LogP contribution in [0.5, 0.6) is 0 Å². The fraction of sp³-hybridized carbons (Fsp3) is 0.188. The molecule has 0 saturated carbocycles. The summed E-state index contributed by atoms with van der Waals surface area (Å²) in [7, 11) is 0. The molecule has 8 heteroatoms. The lowest BCUT2D eigenvalue weighted by Crippen LogP contribution is -2.14. The molecule has 2 N–H and O–H groups in total. The van der Waals surface area contributed by atoms with E-state index in [-0.39, 0.29) is 23.4 Å². The molecular formula is C16H16N6O2. The first-order valence-electron chi connectivity index (χ1n) is 7.43. The molecular weight excluding hydrogens is 308 g/mol. The Bertz CT molecular complexity index is 891. The van der Waals surface area contributed by atoms with Crippen molar-refractivity contribution in [1.29, 1.82) is 0 Å². The zero-order valence-corrected chi connectivity index (χ0v) is 13.2. The van der Waals surface area contributed by atoms with E-state index in [1.165, 1.54) is 6.33 Å². The van der Waals surface area contributed by atoms with Gasteiger partial charge in [-0.2, -0.15) is 0 Å².